The van der Waals surface area contributed by atoms with Gasteiger partial charge in [-0.25, -0.2) is 0 Å². The zero-order valence-electron chi connectivity index (χ0n) is 11.8. The minimum Gasteiger partial charge on any atom is -0.496 e. The van der Waals surface area contributed by atoms with Crippen LogP contribution in [0.15, 0.2) is 48.5 Å². The summed E-state index contributed by atoms with van der Waals surface area (Å²) in [6.45, 7) is 0.714. The van der Waals surface area contributed by atoms with Crippen molar-refractivity contribution in [3.63, 3.8) is 0 Å². The van der Waals surface area contributed by atoms with E-state index < -0.39 is 0 Å². The zero-order chi connectivity index (χ0) is 13.9. The zero-order valence-corrected chi connectivity index (χ0v) is 11.8. The van der Waals surface area contributed by atoms with Crippen LogP contribution in [0.2, 0.25) is 0 Å². The molecule has 0 atom stereocenters. The van der Waals surface area contributed by atoms with E-state index in [0.29, 0.717) is 6.61 Å². The highest BCUT2D eigenvalue weighted by molar-refractivity contribution is 6.11. The van der Waals surface area contributed by atoms with Crippen molar-refractivity contribution < 1.29 is 9.47 Å². The summed E-state index contributed by atoms with van der Waals surface area (Å²) < 4.78 is 10.8. The van der Waals surface area contributed by atoms with Gasteiger partial charge in [0.05, 0.1) is 13.7 Å². The number of benzene rings is 3. The van der Waals surface area contributed by atoms with E-state index in [9.17, 15) is 0 Å². The lowest BCUT2D eigenvalue weighted by Gasteiger charge is -2.13. The van der Waals surface area contributed by atoms with Crippen LogP contribution in [-0.4, -0.2) is 20.8 Å². The molecule has 0 amide bonds. The predicted octanol–water partition coefficient (Wildman–Crippen LogP) is 4.19. The molecular formula is C18H18O2. The Morgan fingerprint density at radius 2 is 1.70 bits per heavy atom. The van der Waals surface area contributed by atoms with Gasteiger partial charge in [0.25, 0.3) is 0 Å². The van der Waals surface area contributed by atoms with E-state index in [-0.39, 0.29) is 0 Å². The molecule has 2 nitrogen and oxygen atoms in total. The summed E-state index contributed by atoms with van der Waals surface area (Å²) in [4.78, 5) is 0. The number of hydrogen-bond acceptors (Lipinski definition) is 2. The fourth-order valence-electron chi connectivity index (χ4n) is 2.79. The molecule has 20 heavy (non-hydrogen) atoms. The second-order valence-electron chi connectivity index (χ2n) is 4.88. The standard InChI is InChI=1S/C18H18O2/c1-19-11-10-14-12-13-6-3-4-7-15(13)16-8-5-9-17(20-2)18(14)16/h3-9,12H,10-11H2,1-2H3. The van der Waals surface area contributed by atoms with Crippen molar-refractivity contribution in [3.8, 4) is 5.75 Å². The molecule has 0 bridgehead atoms. The van der Waals surface area contributed by atoms with Gasteiger partial charge in [0.1, 0.15) is 5.75 Å². The molecule has 0 unspecified atom stereocenters. The van der Waals surface area contributed by atoms with Crippen molar-refractivity contribution in [1.82, 2.24) is 0 Å². The maximum Gasteiger partial charge on any atom is 0.126 e. The number of hydrogen-bond donors (Lipinski definition) is 0. The maximum absolute atomic E-state index is 5.56. The SMILES string of the molecule is COCCc1cc2ccccc2c2cccc(OC)c12. The van der Waals surface area contributed by atoms with Crippen LogP contribution in [0.3, 0.4) is 0 Å². The van der Waals surface area contributed by atoms with Crippen LogP contribution in [0.5, 0.6) is 5.75 Å². The van der Waals surface area contributed by atoms with Gasteiger partial charge in [-0.1, -0.05) is 42.5 Å². The Balaban J connectivity index is 2.37. The molecule has 2 heteroatoms. The third-order valence-electron chi connectivity index (χ3n) is 3.72. The van der Waals surface area contributed by atoms with Crippen LogP contribution < -0.4 is 4.74 Å². The van der Waals surface area contributed by atoms with Gasteiger partial charge in [0, 0.05) is 12.5 Å². The van der Waals surface area contributed by atoms with Crippen LogP contribution in [0.25, 0.3) is 21.5 Å². The largest absolute Gasteiger partial charge is 0.496 e. The third-order valence-corrected chi connectivity index (χ3v) is 3.72. The Morgan fingerprint density at radius 3 is 2.50 bits per heavy atom. The van der Waals surface area contributed by atoms with E-state index in [1.165, 1.54) is 27.1 Å². The average Bonchev–Trinajstić information content (AvgIpc) is 2.52. The summed E-state index contributed by atoms with van der Waals surface area (Å²) >= 11 is 0. The Hall–Kier alpha value is -2.06. The summed E-state index contributed by atoms with van der Waals surface area (Å²) in [7, 11) is 3.46. The van der Waals surface area contributed by atoms with Gasteiger partial charge < -0.3 is 9.47 Å². The summed E-state index contributed by atoms with van der Waals surface area (Å²) in [5.41, 5.74) is 1.28. The van der Waals surface area contributed by atoms with Gasteiger partial charge in [-0.3, -0.25) is 0 Å². The topological polar surface area (TPSA) is 18.5 Å². The summed E-state index contributed by atoms with van der Waals surface area (Å²) in [5, 5.41) is 4.97. The smallest absolute Gasteiger partial charge is 0.126 e. The van der Waals surface area contributed by atoms with Gasteiger partial charge in [0.2, 0.25) is 0 Å². The van der Waals surface area contributed by atoms with Crippen LogP contribution >= 0.6 is 0 Å². The van der Waals surface area contributed by atoms with Crippen LogP contribution in [0.4, 0.5) is 0 Å². The molecule has 102 valence electrons. The first-order chi connectivity index (χ1) is 9.85. The molecule has 3 aromatic carbocycles. The average molecular weight is 266 g/mol. The van der Waals surface area contributed by atoms with Crippen molar-refractivity contribution in [2.45, 2.75) is 6.42 Å². The highest BCUT2D eigenvalue weighted by Crippen LogP contribution is 2.35. The Morgan fingerprint density at radius 1 is 0.900 bits per heavy atom. The van der Waals surface area contributed by atoms with Gasteiger partial charge in [-0.15, -0.1) is 0 Å². The first-order valence-electron chi connectivity index (χ1n) is 6.81. The number of rotatable bonds is 4. The van der Waals surface area contributed by atoms with Gasteiger partial charge in [-0.05, 0) is 34.2 Å². The summed E-state index contributed by atoms with van der Waals surface area (Å²) in [6, 6.07) is 17.0. The second kappa shape index (κ2) is 5.51. The van der Waals surface area contributed by atoms with Crippen LogP contribution in [-0.2, 0) is 11.2 Å². The van der Waals surface area contributed by atoms with Crippen molar-refractivity contribution in [2.75, 3.05) is 20.8 Å². The van der Waals surface area contributed by atoms with Crippen molar-refractivity contribution in [1.29, 1.82) is 0 Å². The molecule has 0 N–H and O–H groups in total. The predicted molar refractivity (Wildman–Crippen MR) is 83.6 cm³/mol. The van der Waals surface area contributed by atoms with Crippen molar-refractivity contribution >= 4 is 21.5 Å². The van der Waals surface area contributed by atoms with E-state index in [4.69, 9.17) is 9.47 Å². The summed E-state index contributed by atoms with van der Waals surface area (Å²) in [6.07, 6.45) is 0.887. The normalized spacial score (nSPS) is 11.1. The Labute approximate surface area is 118 Å². The van der Waals surface area contributed by atoms with Gasteiger partial charge >= 0.3 is 0 Å². The molecular weight excluding hydrogens is 248 g/mol. The lowest BCUT2D eigenvalue weighted by atomic mass is 9.95. The highest BCUT2D eigenvalue weighted by atomic mass is 16.5. The second-order valence-corrected chi connectivity index (χ2v) is 4.88. The minimum absolute atomic E-state index is 0.714. The molecule has 0 aromatic heterocycles. The molecule has 0 aliphatic rings. The molecule has 0 heterocycles. The third kappa shape index (κ3) is 2.12. The Kier molecular flexibility index (Phi) is 3.57. The first kappa shape index (κ1) is 12.9. The van der Waals surface area contributed by atoms with Crippen LogP contribution in [0, 0.1) is 0 Å². The van der Waals surface area contributed by atoms with Gasteiger partial charge in [-0.2, -0.15) is 0 Å². The fraction of sp³-hybridized carbons (Fsp3) is 0.222. The van der Waals surface area contributed by atoms with E-state index in [2.05, 4.69) is 36.4 Å². The Bertz CT molecular complexity index is 747. The number of ether oxygens (including phenoxy) is 2. The molecule has 3 rings (SSSR count). The van der Waals surface area contributed by atoms with E-state index in [1.807, 2.05) is 12.1 Å². The molecule has 0 aliphatic carbocycles. The van der Waals surface area contributed by atoms with Crippen molar-refractivity contribution in [2.24, 2.45) is 0 Å². The fourth-order valence-corrected chi connectivity index (χ4v) is 2.79. The van der Waals surface area contributed by atoms with E-state index in [0.717, 1.165) is 12.2 Å². The number of fused-ring (bicyclic) bond motifs is 3. The molecule has 0 spiro atoms. The van der Waals surface area contributed by atoms with E-state index >= 15 is 0 Å². The molecule has 0 fully saturated rings. The molecule has 3 aromatic rings. The highest BCUT2D eigenvalue weighted by Gasteiger charge is 2.10. The van der Waals surface area contributed by atoms with E-state index in [1.54, 1.807) is 14.2 Å². The molecule has 0 saturated carbocycles. The molecule has 0 saturated heterocycles. The lowest BCUT2D eigenvalue weighted by molar-refractivity contribution is 0.202. The number of methoxy groups -OCH3 is 2. The minimum atomic E-state index is 0.714. The van der Waals surface area contributed by atoms with Gasteiger partial charge in [0.15, 0.2) is 0 Å². The molecule has 0 radical (unpaired) electrons. The van der Waals surface area contributed by atoms with Crippen molar-refractivity contribution in [3.05, 3.63) is 54.1 Å². The molecule has 0 aliphatic heterocycles. The first-order valence-corrected chi connectivity index (χ1v) is 6.81. The lowest BCUT2D eigenvalue weighted by Crippen LogP contribution is -1.97. The summed E-state index contributed by atoms with van der Waals surface area (Å²) in [5.74, 6) is 0.930. The maximum atomic E-state index is 5.56. The quantitative estimate of drug-likeness (QED) is 0.659. The van der Waals surface area contributed by atoms with Crippen LogP contribution in [0.1, 0.15) is 5.56 Å². The monoisotopic (exact) mass is 266 g/mol.